The van der Waals surface area contributed by atoms with E-state index in [0.717, 1.165) is 42.0 Å². The number of rotatable bonds is 3. The molecule has 5 rings (SSSR count). The molecule has 0 radical (unpaired) electrons. The quantitative estimate of drug-likeness (QED) is 0.311. The van der Waals surface area contributed by atoms with E-state index in [-0.39, 0.29) is 42.3 Å². The average molecular weight is 418 g/mol. The molecule has 2 saturated heterocycles. The lowest BCUT2D eigenvalue weighted by Crippen LogP contribution is -2.29. The molecule has 0 unspecified atom stereocenters. The Morgan fingerprint density at radius 2 is 2.03 bits per heavy atom. The van der Waals surface area contributed by atoms with Crippen molar-refractivity contribution in [2.75, 3.05) is 6.61 Å². The molecule has 4 atom stereocenters. The molecule has 160 valence electrons. The zero-order valence-corrected chi connectivity index (χ0v) is 17.6. The molecule has 2 fully saturated rings. The van der Waals surface area contributed by atoms with Crippen molar-refractivity contribution in [2.45, 2.75) is 50.4 Å². The van der Waals surface area contributed by atoms with E-state index in [0.29, 0.717) is 11.1 Å². The van der Waals surface area contributed by atoms with Crippen LogP contribution in [0.2, 0.25) is 0 Å². The SMILES string of the molecule is C=C1C(=O)O[C@@H]2[C@H]3O[C@]3(C)CCC=C(COC(=O)c3ccc4ccccc4c3)CC[C@@H]12. The molecule has 2 aromatic rings. The summed E-state index contributed by atoms with van der Waals surface area (Å²) in [6.07, 6.45) is 4.97. The van der Waals surface area contributed by atoms with Gasteiger partial charge in [0.25, 0.3) is 0 Å². The van der Waals surface area contributed by atoms with Crippen LogP contribution in [0.25, 0.3) is 10.8 Å². The number of benzene rings is 2. The van der Waals surface area contributed by atoms with Gasteiger partial charge in [0.05, 0.1) is 11.2 Å². The lowest BCUT2D eigenvalue weighted by Gasteiger charge is -2.20. The Labute approximate surface area is 181 Å². The van der Waals surface area contributed by atoms with Gasteiger partial charge in [-0.3, -0.25) is 0 Å². The molecule has 0 aromatic heterocycles. The summed E-state index contributed by atoms with van der Waals surface area (Å²) in [6.45, 7) is 6.26. The summed E-state index contributed by atoms with van der Waals surface area (Å²) < 4.78 is 17.2. The fourth-order valence-corrected chi connectivity index (χ4v) is 4.81. The van der Waals surface area contributed by atoms with E-state index in [2.05, 4.69) is 19.6 Å². The van der Waals surface area contributed by atoms with Crippen LogP contribution in [-0.4, -0.2) is 36.4 Å². The van der Waals surface area contributed by atoms with Gasteiger partial charge < -0.3 is 14.2 Å². The molecule has 1 aliphatic carbocycles. The number of hydrogen-bond acceptors (Lipinski definition) is 5. The maximum Gasteiger partial charge on any atom is 0.338 e. The Morgan fingerprint density at radius 3 is 2.87 bits per heavy atom. The second kappa shape index (κ2) is 7.65. The number of hydrogen-bond donors (Lipinski definition) is 0. The second-order valence-electron chi connectivity index (χ2n) is 8.93. The van der Waals surface area contributed by atoms with Gasteiger partial charge >= 0.3 is 11.9 Å². The highest BCUT2D eigenvalue weighted by Gasteiger charge is 2.61. The number of carbonyl (C=O) groups excluding carboxylic acids is 2. The fourth-order valence-electron chi connectivity index (χ4n) is 4.81. The van der Waals surface area contributed by atoms with Crippen molar-refractivity contribution in [2.24, 2.45) is 5.92 Å². The summed E-state index contributed by atoms with van der Waals surface area (Å²) in [7, 11) is 0. The zero-order valence-electron chi connectivity index (χ0n) is 17.6. The summed E-state index contributed by atoms with van der Waals surface area (Å²) >= 11 is 0. The molecule has 0 saturated carbocycles. The van der Waals surface area contributed by atoms with Crippen molar-refractivity contribution in [3.63, 3.8) is 0 Å². The number of ether oxygens (including phenoxy) is 3. The van der Waals surface area contributed by atoms with Crippen LogP contribution in [0.4, 0.5) is 0 Å². The van der Waals surface area contributed by atoms with Crippen molar-refractivity contribution >= 4 is 22.7 Å². The van der Waals surface area contributed by atoms with Crippen LogP contribution in [0, 0.1) is 5.92 Å². The molecular weight excluding hydrogens is 392 g/mol. The smallest absolute Gasteiger partial charge is 0.338 e. The Kier molecular flexibility index (Phi) is 4.94. The molecule has 3 aliphatic rings. The van der Waals surface area contributed by atoms with Gasteiger partial charge in [0.2, 0.25) is 0 Å². The van der Waals surface area contributed by atoms with Gasteiger partial charge in [-0.15, -0.1) is 0 Å². The standard InChI is InChI=1S/C26H26O5/c1-16-21-12-9-17(6-5-13-26(2)23(31-26)22(21)30-24(16)27)15-29-25(28)20-11-10-18-7-3-4-8-19(18)14-20/h3-4,6-8,10-11,14,21-23H,1,5,9,12-13,15H2,2H3/t21-,22-,23+,26+/m0/s1. The summed E-state index contributed by atoms with van der Waals surface area (Å²) in [6, 6.07) is 13.5. The molecule has 0 bridgehead atoms. The van der Waals surface area contributed by atoms with E-state index in [1.807, 2.05) is 36.4 Å². The molecule has 5 nitrogen and oxygen atoms in total. The molecule has 2 heterocycles. The Morgan fingerprint density at radius 1 is 1.23 bits per heavy atom. The predicted octanol–water partition coefficient (Wildman–Crippen LogP) is 4.75. The summed E-state index contributed by atoms with van der Waals surface area (Å²) in [5.74, 6) is -0.708. The highest BCUT2D eigenvalue weighted by Crippen LogP contribution is 2.49. The van der Waals surface area contributed by atoms with Crippen LogP contribution < -0.4 is 0 Å². The molecule has 0 N–H and O–H groups in total. The third-order valence-electron chi connectivity index (χ3n) is 6.81. The van der Waals surface area contributed by atoms with Crippen LogP contribution >= 0.6 is 0 Å². The van der Waals surface area contributed by atoms with Crippen LogP contribution in [0.3, 0.4) is 0 Å². The highest BCUT2D eigenvalue weighted by molar-refractivity contribution is 5.95. The lowest BCUT2D eigenvalue weighted by molar-refractivity contribution is -0.140. The van der Waals surface area contributed by atoms with Crippen LogP contribution in [0.1, 0.15) is 43.0 Å². The molecular formula is C26H26O5. The number of esters is 2. The lowest BCUT2D eigenvalue weighted by atomic mass is 9.84. The predicted molar refractivity (Wildman–Crippen MR) is 117 cm³/mol. The second-order valence-corrected chi connectivity index (χ2v) is 8.93. The fraction of sp³-hybridized carbons (Fsp3) is 0.385. The van der Waals surface area contributed by atoms with Gasteiger partial charge in [-0.2, -0.15) is 0 Å². The first kappa shape index (κ1) is 20.0. The molecule has 31 heavy (non-hydrogen) atoms. The van der Waals surface area contributed by atoms with Gasteiger partial charge in [0.1, 0.15) is 18.8 Å². The molecule has 5 heteroatoms. The third kappa shape index (κ3) is 3.79. The number of carbonyl (C=O) groups is 2. The van der Waals surface area contributed by atoms with Gasteiger partial charge in [0.15, 0.2) is 0 Å². The number of fused-ring (bicyclic) bond motifs is 4. The summed E-state index contributed by atoms with van der Waals surface area (Å²) in [4.78, 5) is 24.7. The number of allylic oxidation sites excluding steroid dienone is 1. The minimum absolute atomic E-state index is 0.0543. The van der Waals surface area contributed by atoms with E-state index < -0.39 is 0 Å². The van der Waals surface area contributed by atoms with Crippen LogP contribution in [0.15, 0.2) is 66.3 Å². The van der Waals surface area contributed by atoms with Gasteiger partial charge in [-0.05, 0) is 61.1 Å². The van der Waals surface area contributed by atoms with Gasteiger partial charge in [-0.1, -0.05) is 43.0 Å². The Bertz CT molecular complexity index is 1100. The molecule has 2 aromatic carbocycles. The summed E-state index contributed by atoms with van der Waals surface area (Å²) in [5, 5.41) is 2.10. The molecule has 2 aliphatic heterocycles. The van der Waals surface area contributed by atoms with Crippen LogP contribution in [0.5, 0.6) is 0 Å². The van der Waals surface area contributed by atoms with Crippen molar-refractivity contribution in [3.8, 4) is 0 Å². The number of epoxide rings is 1. The largest absolute Gasteiger partial charge is 0.458 e. The zero-order chi connectivity index (χ0) is 21.6. The Balaban J connectivity index is 1.28. The summed E-state index contributed by atoms with van der Waals surface area (Å²) in [5.41, 5.74) is 1.86. The van der Waals surface area contributed by atoms with Crippen molar-refractivity contribution in [1.29, 1.82) is 0 Å². The van der Waals surface area contributed by atoms with Crippen molar-refractivity contribution in [3.05, 3.63) is 71.8 Å². The topological polar surface area (TPSA) is 65.1 Å². The Hall–Kier alpha value is -2.92. The van der Waals surface area contributed by atoms with E-state index >= 15 is 0 Å². The van der Waals surface area contributed by atoms with Crippen LogP contribution in [-0.2, 0) is 19.0 Å². The van der Waals surface area contributed by atoms with Gasteiger partial charge in [0, 0.05) is 11.5 Å². The first-order chi connectivity index (χ1) is 14.9. The minimum Gasteiger partial charge on any atom is -0.458 e. The first-order valence-electron chi connectivity index (χ1n) is 10.9. The maximum absolute atomic E-state index is 12.6. The van der Waals surface area contributed by atoms with E-state index in [1.165, 1.54) is 0 Å². The normalized spacial score (nSPS) is 30.1. The maximum atomic E-state index is 12.6. The average Bonchev–Trinajstić information content (AvgIpc) is 3.37. The minimum atomic E-state index is -0.331. The van der Waals surface area contributed by atoms with E-state index in [9.17, 15) is 9.59 Å². The van der Waals surface area contributed by atoms with E-state index in [4.69, 9.17) is 14.2 Å². The third-order valence-corrected chi connectivity index (χ3v) is 6.81. The first-order valence-corrected chi connectivity index (χ1v) is 10.9. The molecule has 0 spiro atoms. The van der Waals surface area contributed by atoms with Gasteiger partial charge in [-0.25, -0.2) is 9.59 Å². The molecule has 0 amide bonds. The van der Waals surface area contributed by atoms with E-state index in [1.54, 1.807) is 6.07 Å². The monoisotopic (exact) mass is 418 g/mol. The van der Waals surface area contributed by atoms with Crippen molar-refractivity contribution < 1.29 is 23.8 Å². The highest BCUT2D eigenvalue weighted by atomic mass is 16.6. The van der Waals surface area contributed by atoms with Crippen molar-refractivity contribution in [1.82, 2.24) is 0 Å².